The number of phenols is 1. The molecule has 0 saturated carbocycles. The highest BCUT2D eigenvalue weighted by Crippen LogP contribution is 2.31. The molecule has 1 aromatic carbocycles. The van der Waals surface area contributed by atoms with Gasteiger partial charge in [0.1, 0.15) is 11.4 Å². The van der Waals surface area contributed by atoms with Gasteiger partial charge in [0.05, 0.1) is 0 Å². The second-order valence-electron chi connectivity index (χ2n) is 4.07. The zero-order chi connectivity index (χ0) is 10.7. The molecule has 1 heterocycles. The highest BCUT2D eigenvalue weighted by Gasteiger charge is 2.33. The molecule has 1 aromatic rings. The second-order valence-corrected chi connectivity index (χ2v) is 4.07. The number of rotatable bonds is 2. The van der Waals surface area contributed by atoms with Crippen molar-refractivity contribution in [2.24, 2.45) is 0 Å². The largest absolute Gasteiger partial charge is 0.508 e. The predicted molar refractivity (Wildman–Crippen MR) is 55.7 cm³/mol. The fraction of sp³-hybridized carbons (Fsp3) is 0.500. The normalized spacial score (nSPS) is 20.1. The van der Waals surface area contributed by atoms with Crippen LogP contribution >= 0.6 is 0 Å². The fourth-order valence-corrected chi connectivity index (χ4v) is 1.92. The summed E-state index contributed by atoms with van der Waals surface area (Å²) in [4.78, 5) is 0. The van der Waals surface area contributed by atoms with Crippen LogP contribution < -0.4 is 0 Å². The van der Waals surface area contributed by atoms with Crippen molar-refractivity contribution in [3.8, 4) is 5.75 Å². The number of alkyl halides is 1. The van der Waals surface area contributed by atoms with Crippen molar-refractivity contribution in [3.05, 3.63) is 29.8 Å². The minimum absolute atomic E-state index is 0.181. The van der Waals surface area contributed by atoms with Gasteiger partial charge in [0.2, 0.25) is 0 Å². The van der Waals surface area contributed by atoms with Crippen LogP contribution in [-0.4, -0.2) is 24.0 Å². The Hall–Kier alpha value is -1.09. The Bertz CT molecular complexity index is 332. The predicted octanol–water partition coefficient (Wildman–Crippen LogP) is 2.45. The van der Waals surface area contributed by atoms with Gasteiger partial charge in [-0.15, -0.1) is 0 Å². The molecule has 1 fully saturated rings. The van der Waals surface area contributed by atoms with E-state index in [1.54, 1.807) is 18.2 Å². The molecule has 1 saturated heterocycles. The average molecular weight is 210 g/mol. The molecule has 1 aliphatic heterocycles. The third-order valence-electron chi connectivity index (χ3n) is 2.89. The van der Waals surface area contributed by atoms with Crippen LogP contribution in [0.3, 0.4) is 0 Å². The van der Waals surface area contributed by atoms with Crippen LogP contribution in [0.4, 0.5) is 4.39 Å². The summed E-state index contributed by atoms with van der Waals surface area (Å²) in [5, 5.41) is 9.56. The lowest BCUT2D eigenvalue weighted by atomic mass is 9.89. The molecule has 0 aliphatic carbocycles. The summed E-state index contributed by atoms with van der Waals surface area (Å²) in [7, 11) is 0. The molecule has 82 valence electrons. The number of para-hydroxylation sites is 1. The van der Waals surface area contributed by atoms with E-state index in [0.717, 1.165) is 0 Å². The van der Waals surface area contributed by atoms with E-state index in [2.05, 4.69) is 0 Å². The van der Waals surface area contributed by atoms with E-state index in [4.69, 9.17) is 4.74 Å². The van der Waals surface area contributed by atoms with E-state index < -0.39 is 5.67 Å². The Labute approximate surface area is 88.7 Å². The quantitative estimate of drug-likeness (QED) is 0.812. The first-order valence-corrected chi connectivity index (χ1v) is 5.23. The third kappa shape index (κ3) is 2.48. The number of ether oxygens (including phenoxy) is 1. The number of hydrogen-bond acceptors (Lipinski definition) is 2. The molecule has 0 aromatic heterocycles. The summed E-state index contributed by atoms with van der Waals surface area (Å²) in [6, 6.07) is 6.93. The lowest BCUT2D eigenvalue weighted by Crippen LogP contribution is -2.33. The fourth-order valence-electron chi connectivity index (χ4n) is 1.92. The number of halogens is 1. The Morgan fingerprint density at radius 3 is 2.60 bits per heavy atom. The molecule has 0 spiro atoms. The van der Waals surface area contributed by atoms with Gasteiger partial charge in [-0.05, 0) is 11.6 Å². The summed E-state index contributed by atoms with van der Waals surface area (Å²) in [5.74, 6) is 0.181. The second kappa shape index (κ2) is 4.19. The van der Waals surface area contributed by atoms with E-state index in [-0.39, 0.29) is 12.2 Å². The zero-order valence-electron chi connectivity index (χ0n) is 8.58. The standard InChI is InChI=1S/C12H15FO2/c13-12(5-7-15-8-6-12)9-10-3-1-2-4-11(10)14/h1-4,14H,5-9H2. The summed E-state index contributed by atoms with van der Waals surface area (Å²) >= 11 is 0. The number of phenolic OH excluding ortho intramolecular Hbond substituents is 1. The van der Waals surface area contributed by atoms with Gasteiger partial charge in [-0.2, -0.15) is 0 Å². The number of hydrogen-bond donors (Lipinski definition) is 1. The van der Waals surface area contributed by atoms with E-state index in [0.29, 0.717) is 31.6 Å². The van der Waals surface area contributed by atoms with Crippen LogP contribution in [-0.2, 0) is 11.2 Å². The van der Waals surface area contributed by atoms with Gasteiger partial charge in [-0.1, -0.05) is 18.2 Å². The highest BCUT2D eigenvalue weighted by atomic mass is 19.1. The van der Waals surface area contributed by atoms with Crippen LogP contribution in [0, 0.1) is 0 Å². The first-order valence-electron chi connectivity index (χ1n) is 5.23. The molecule has 1 N–H and O–H groups in total. The molecule has 3 heteroatoms. The molecule has 2 rings (SSSR count). The van der Waals surface area contributed by atoms with Gasteiger partial charge in [-0.3, -0.25) is 0 Å². The Morgan fingerprint density at radius 2 is 1.93 bits per heavy atom. The van der Waals surface area contributed by atoms with Gasteiger partial charge in [-0.25, -0.2) is 4.39 Å². The van der Waals surface area contributed by atoms with Gasteiger partial charge in [0.15, 0.2) is 0 Å². The first kappa shape index (κ1) is 10.4. The summed E-state index contributed by atoms with van der Waals surface area (Å²) in [6.07, 6.45) is 1.12. The van der Waals surface area contributed by atoms with Gasteiger partial charge in [0, 0.05) is 32.5 Å². The monoisotopic (exact) mass is 210 g/mol. The maximum Gasteiger partial charge on any atom is 0.119 e. The molecule has 0 unspecified atom stereocenters. The molecule has 0 radical (unpaired) electrons. The van der Waals surface area contributed by atoms with E-state index >= 15 is 0 Å². The van der Waals surface area contributed by atoms with Crippen molar-refractivity contribution in [1.82, 2.24) is 0 Å². The zero-order valence-corrected chi connectivity index (χ0v) is 8.58. The van der Waals surface area contributed by atoms with Crippen molar-refractivity contribution in [1.29, 1.82) is 0 Å². The molecule has 0 atom stereocenters. The molecular formula is C12H15FO2. The molecule has 0 bridgehead atoms. The molecule has 1 aliphatic rings. The van der Waals surface area contributed by atoms with Gasteiger partial charge >= 0.3 is 0 Å². The van der Waals surface area contributed by atoms with Crippen LogP contribution in [0.15, 0.2) is 24.3 Å². The van der Waals surface area contributed by atoms with Crippen molar-refractivity contribution in [2.75, 3.05) is 13.2 Å². The SMILES string of the molecule is Oc1ccccc1CC1(F)CCOCC1. The lowest BCUT2D eigenvalue weighted by molar-refractivity contribution is -0.00841. The average Bonchev–Trinajstić information content (AvgIpc) is 2.22. The van der Waals surface area contributed by atoms with Crippen LogP contribution in [0.1, 0.15) is 18.4 Å². The van der Waals surface area contributed by atoms with Crippen molar-refractivity contribution in [3.63, 3.8) is 0 Å². The number of benzene rings is 1. The first-order chi connectivity index (χ1) is 7.20. The van der Waals surface area contributed by atoms with Crippen molar-refractivity contribution < 1.29 is 14.2 Å². The lowest BCUT2D eigenvalue weighted by Gasteiger charge is -2.29. The van der Waals surface area contributed by atoms with Gasteiger partial charge < -0.3 is 9.84 Å². The maximum atomic E-state index is 14.2. The number of aromatic hydroxyl groups is 1. The summed E-state index contributed by atoms with van der Waals surface area (Å²) < 4.78 is 19.4. The molecule has 0 amide bonds. The third-order valence-corrected chi connectivity index (χ3v) is 2.89. The highest BCUT2D eigenvalue weighted by molar-refractivity contribution is 5.33. The van der Waals surface area contributed by atoms with Gasteiger partial charge in [0.25, 0.3) is 0 Å². The molecular weight excluding hydrogens is 195 g/mol. The van der Waals surface area contributed by atoms with Crippen LogP contribution in [0.25, 0.3) is 0 Å². The summed E-state index contributed by atoms with van der Waals surface area (Å²) in [6.45, 7) is 0.953. The Balaban J connectivity index is 2.10. The smallest absolute Gasteiger partial charge is 0.119 e. The van der Waals surface area contributed by atoms with E-state index in [1.807, 2.05) is 6.07 Å². The van der Waals surface area contributed by atoms with Crippen molar-refractivity contribution >= 4 is 0 Å². The Kier molecular flexibility index (Phi) is 2.91. The minimum Gasteiger partial charge on any atom is -0.508 e. The molecule has 15 heavy (non-hydrogen) atoms. The maximum absolute atomic E-state index is 14.2. The Morgan fingerprint density at radius 1 is 1.27 bits per heavy atom. The van der Waals surface area contributed by atoms with Crippen molar-refractivity contribution in [2.45, 2.75) is 24.9 Å². The topological polar surface area (TPSA) is 29.5 Å². The van der Waals surface area contributed by atoms with Crippen LogP contribution in [0.2, 0.25) is 0 Å². The minimum atomic E-state index is -1.21. The van der Waals surface area contributed by atoms with E-state index in [9.17, 15) is 9.50 Å². The summed E-state index contributed by atoms with van der Waals surface area (Å²) in [5.41, 5.74) is -0.529. The molecule has 2 nitrogen and oxygen atoms in total. The van der Waals surface area contributed by atoms with E-state index in [1.165, 1.54) is 0 Å². The van der Waals surface area contributed by atoms with Crippen LogP contribution in [0.5, 0.6) is 5.75 Å².